The van der Waals surface area contributed by atoms with Gasteiger partial charge in [-0.2, -0.15) is 0 Å². The molecule has 1 aromatic rings. The van der Waals surface area contributed by atoms with Crippen LogP contribution in [0.15, 0.2) is 28.7 Å². The van der Waals surface area contributed by atoms with Gasteiger partial charge in [0.15, 0.2) is 0 Å². The lowest BCUT2D eigenvalue weighted by Crippen LogP contribution is -2.39. The van der Waals surface area contributed by atoms with Gasteiger partial charge in [0.1, 0.15) is 0 Å². The number of halogens is 1. The van der Waals surface area contributed by atoms with Crippen molar-refractivity contribution in [3.8, 4) is 0 Å². The topological polar surface area (TPSA) is 12.5 Å². The lowest BCUT2D eigenvalue weighted by atomic mass is 9.82. The van der Waals surface area contributed by atoms with E-state index < -0.39 is 0 Å². The Labute approximate surface area is 124 Å². The summed E-state index contributed by atoms with van der Waals surface area (Å²) in [4.78, 5) is 2.69. The zero-order valence-electron chi connectivity index (χ0n) is 11.6. The van der Waals surface area contributed by atoms with Gasteiger partial charge in [0, 0.05) is 35.7 Å². The maximum absolute atomic E-state index is 5.48. The minimum atomic E-state index is 0.318. The molecule has 2 aliphatic heterocycles. The number of likely N-dealkylation sites (tertiary alicyclic amines) is 1. The predicted molar refractivity (Wildman–Crippen MR) is 81.5 cm³/mol. The van der Waals surface area contributed by atoms with E-state index in [1.54, 1.807) is 0 Å². The van der Waals surface area contributed by atoms with Crippen LogP contribution in [0.1, 0.15) is 31.7 Å². The van der Waals surface area contributed by atoms with Gasteiger partial charge in [0.05, 0.1) is 0 Å². The lowest BCUT2D eigenvalue weighted by molar-refractivity contribution is 0.0407. The second-order valence-corrected chi connectivity index (χ2v) is 7.05. The highest BCUT2D eigenvalue weighted by atomic mass is 79.9. The Balaban J connectivity index is 1.71. The molecule has 0 N–H and O–H groups in total. The first kappa shape index (κ1) is 13.6. The molecule has 0 unspecified atom stereocenters. The molecule has 2 saturated heterocycles. The number of hydrogen-bond acceptors (Lipinski definition) is 2. The van der Waals surface area contributed by atoms with Gasteiger partial charge in [-0.1, -0.05) is 35.0 Å². The summed E-state index contributed by atoms with van der Waals surface area (Å²) in [6, 6.07) is 9.62. The Morgan fingerprint density at radius 3 is 2.58 bits per heavy atom. The van der Waals surface area contributed by atoms with E-state index in [0.29, 0.717) is 5.41 Å². The molecule has 2 aliphatic rings. The van der Waals surface area contributed by atoms with E-state index in [0.717, 1.165) is 19.3 Å². The Kier molecular flexibility index (Phi) is 3.97. The third kappa shape index (κ3) is 2.88. The van der Waals surface area contributed by atoms with Gasteiger partial charge in [-0.05, 0) is 43.5 Å². The zero-order valence-corrected chi connectivity index (χ0v) is 13.2. The summed E-state index contributed by atoms with van der Waals surface area (Å²) in [6.07, 6.45) is 3.68. The van der Waals surface area contributed by atoms with Crippen LogP contribution in [0.3, 0.4) is 0 Å². The summed E-state index contributed by atoms with van der Waals surface area (Å²) in [5, 5.41) is 0. The molecule has 2 nitrogen and oxygen atoms in total. The molecule has 19 heavy (non-hydrogen) atoms. The van der Waals surface area contributed by atoms with Crippen molar-refractivity contribution in [2.24, 2.45) is 0 Å². The monoisotopic (exact) mass is 323 g/mol. The number of hydrogen-bond donors (Lipinski definition) is 0. The smallest absolute Gasteiger partial charge is 0.0480 e. The molecule has 0 aliphatic carbocycles. The molecule has 0 aromatic heterocycles. The van der Waals surface area contributed by atoms with Crippen LogP contribution in [0.4, 0.5) is 0 Å². The van der Waals surface area contributed by atoms with E-state index in [9.17, 15) is 0 Å². The molecule has 2 fully saturated rings. The molecule has 1 aromatic carbocycles. The number of rotatable bonds is 2. The van der Waals surface area contributed by atoms with E-state index >= 15 is 0 Å². The van der Waals surface area contributed by atoms with E-state index in [-0.39, 0.29) is 0 Å². The van der Waals surface area contributed by atoms with Crippen LogP contribution in [0.5, 0.6) is 0 Å². The van der Waals surface area contributed by atoms with Gasteiger partial charge in [0.25, 0.3) is 0 Å². The second-order valence-electron chi connectivity index (χ2n) is 6.13. The van der Waals surface area contributed by atoms with Crippen molar-refractivity contribution < 1.29 is 4.74 Å². The third-order valence-corrected chi connectivity index (χ3v) is 5.28. The number of nitrogens with zero attached hydrogens (tertiary/aromatic N) is 1. The van der Waals surface area contributed by atoms with Crippen molar-refractivity contribution in [1.82, 2.24) is 4.90 Å². The average Bonchev–Trinajstić information content (AvgIpc) is 2.84. The van der Waals surface area contributed by atoms with Gasteiger partial charge < -0.3 is 4.74 Å². The average molecular weight is 324 g/mol. The number of ether oxygens (including phenoxy) is 1. The SMILES string of the molecule is C[C@@]1(c2ccc(Br)cc2)CCN(C2CCOCC2)C1. The summed E-state index contributed by atoms with van der Waals surface area (Å²) in [6.45, 7) is 6.72. The molecule has 104 valence electrons. The third-order valence-electron chi connectivity index (χ3n) is 4.75. The van der Waals surface area contributed by atoms with Crippen molar-refractivity contribution in [3.05, 3.63) is 34.3 Å². The van der Waals surface area contributed by atoms with Crippen molar-refractivity contribution in [2.75, 3.05) is 26.3 Å². The molecule has 0 bridgehead atoms. The van der Waals surface area contributed by atoms with Gasteiger partial charge in [-0.15, -0.1) is 0 Å². The lowest BCUT2D eigenvalue weighted by Gasteiger charge is -2.33. The van der Waals surface area contributed by atoms with E-state index in [4.69, 9.17) is 4.74 Å². The van der Waals surface area contributed by atoms with Gasteiger partial charge in [0.2, 0.25) is 0 Å². The molecule has 0 saturated carbocycles. The quantitative estimate of drug-likeness (QED) is 0.824. The Morgan fingerprint density at radius 2 is 1.89 bits per heavy atom. The van der Waals surface area contributed by atoms with Gasteiger partial charge in [-0.3, -0.25) is 4.90 Å². The van der Waals surface area contributed by atoms with Crippen molar-refractivity contribution >= 4 is 15.9 Å². The van der Waals surface area contributed by atoms with E-state index in [1.807, 2.05) is 0 Å². The second kappa shape index (κ2) is 5.55. The van der Waals surface area contributed by atoms with Crippen molar-refractivity contribution in [3.63, 3.8) is 0 Å². The van der Waals surface area contributed by atoms with Crippen LogP contribution in [0.2, 0.25) is 0 Å². The highest BCUT2D eigenvalue weighted by Gasteiger charge is 2.38. The largest absolute Gasteiger partial charge is 0.381 e. The highest BCUT2D eigenvalue weighted by molar-refractivity contribution is 9.10. The van der Waals surface area contributed by atoms with Gasteiger partial charge >= 0.3 is 0 Å². The summed E-state index contributed by atoms with van der Waals surface area (Å²) in [5.41, 5.74) is 1.80. The molecular weight excluding hydrogens is 302 g/mol. The van der Waals surface area contributed by atoms with Gasteiger partial charge in [-0.25, -0.2) is 0 Å². The fraction of sp³-hybridized carbons (Fsp3) is 0.625. The first-order valence-electron chi connectivity index (χ1n) is 7.25. The van der Waals surface area contributed by atoms with Crippen LogP contribution in [0, 0.1) is 0 Å². The molecule has 0 spiro atoms. The van der Waals surface area contributed by atoms with Crippen LogP contribution in [-0.4, -0.2) is 37.2 Å². The molecule has 3 heteroatoms. The Morgan fingerprint density at radius 1 is 1.21 bits per heavy atom. The number of benzene rings is 1. The first-order valence-corrected chi connectivity index (χ1v) is 8.04. The predicted octanol–water partition coefficient (Wildman–Crippen LogP) is 3.59. The fourth-order valence-electron chi connectivity index (χ4n) is 3.45. The summed E-state index contributed by atoms with van der Waals surface area (Å²) in [5.74, 6) is 0. The Bertz CT molecular complexity index is 427. The molecule has 0 amide bonds. The van der Waals surface area contributed by atoms with Crippen LogP contribution in [-0.2, 0) is 10.2 Å². The summed E-state index contributed by atoms with van der Waals surface area (Å²) >= 11 is 3.52. The standard InChI is InChI=1S/C16H22BrNO/c1-16(13-2-4-14(17)5-3-13)8-9-18(12-16)15-6-10-19-11-7-15/h2-5,15H,6-12H2,1H3/t16-/m1/s1. The molecule has 0 radical (unpaired) electrons. The minimum absolute atomic E-state index is 0.318. The van der Waals surface area contributed by atoms with E-state index in [2.05, 4.69) is 52.0 Å². The Hall–Kier alpha value is -0.380. The molecule has 1 atom stereocenters. The molecule has 2 heterocycles. The molecular formula is C16H22BrNO. The van der Waals surface area contributed by atoms with Crippen LogP contribution >= 0.6 is 15.9 Å². The first-order chi connectivity index (χ1) is 9.17. The maximum atomic E-state index is 5.48. The zero-order chi connectivity index (χ0) is 13.3. The molecule has 3 rings (SSSR count). The maximum Gasteiger partial charge on any atom is 0.0480 e. The fourth-order valence-corrected chi connectivity index (χ4v) is 3.71. The summed E-state index contributed by atoms with van der Waals surface area (Å²) < 4.78 is 6.64. The van der Waals surface area contributed by atoms with Crippen molar-refractivity contribution in [2.45, 2.75) is 37.6 Å². The van der Waals surface area contributed by atoms with Crippen LogP contribution < -0.4 is 0 Å². The van der Waals surface area contributed by atoms with E-state index in [1.165, 1.54) is 42.4 Å². The van der Waals surface area contributed by atoms with Crippen molar-refractivity contribution in [1.29, 1.82) is 0 Å². The normalized spacial score (nSPS) is 29.8. The van der Waals surface area contributed by atoms with Crippen LogP contribution in [0.25, 0.3) is 0 Å². The minimum Gasteiger partial charge on any atom is -0.381 e. The highest BCUT2D eigenvalue weighted by Crippen LogP contribution is 2.36. The summed E-state index contributed by atoms with van der Waals surface area (Å²) in [7, 11) is 0.